The maximum Gasteiger partial charge on any atom is 0.243 e. The smallest absolute Gasteiger partial charge is 0.243 e. The van der Waals surface area contributed by atoms with Gasteiger partial charge in [-0.05, 0) is 49.9 Å². The first kappa shape index (κ1) is 25.5. The van der Waals surface area contributed by atoms with Crippen molar-refractivity contribution in [3.05, 3.63) is 69.7 Å². The number of halogens is 1. The molecule has 31 heavy (non-hydrogen) atoms. The van der Waals surface area contributed by atoms with Gasteiger partial charge in [0.15, 0.2) is 0 Å². The summed E-state index contributed by atoms with van der Waals surface area (Å²) in [4.78, 5) is 27.9. The Hall–Kier alpha value is -1.79. The summed E-state index contributed by atoms with van der Waals surface area (Å²) in [5.74, 6) is 1.02. The highest BCUT2D eigenvalue weighted by molar-refractivity contribution is 9.10. The van der Waals surface area contributed by atoms with Crippen LogP contribution in [-0.4, -0.2) is 34.6 Å². The van der Waals surface area contributed by atoms with Crippen molar-refractivity contribution >= 4 is 39.5 Å². The van der Waals surface area contributed by atoms with Crippen molar-refractivity contribution in [2.45, 2.75) is 64.9 Å². The molecule has 0 heterocycles. The molecule has 0 aliphatic rings. The van der Waals surface area contributed by atoms with Gasteiger partial charge in [-0.15, -0.1) is 11.8 Å². The third kappa shape index (κ3) is 8.34. The first-order valence-electron chi connectivity index (χ1n) is 10.8. The van der Waals surface area contributed by atoms with E-state index in [4.69, 9.17) is 0 Å². The van der Waals surface area contributed by atoms with Crippen LogP contribution in [-0.2, 0) is 21.9 Å². The number of hydrogen-bond acceptors (Lipinski definition) is 3. The molecule has 0 saturated carbocycles. The fraction of sp³-hybridized carbons (Fsp3) is 0.440. The third-order valence-corrected chi connectivity index (χ3v) is 6.79. The zero-order valence-electron chi connectivity index (χ0n) is 18.9. The molecule has 0 saturated heterocycles. The minimum Gasteiger partial charge on any atom is -0.352 e. The Morgan fingerprint density at radius 3 is 2.19 bits per heavy atom. The second-order valence-corrected chi connectivity index (χ2v) is 9.77. The number of amides is 2. The van der Waals surface area contributed by atoms with Crippen molar-refractivity contribution in [1.29, 1.82) is 0 Å². The molecule has 2 aromatic carbocycles. The first-order chi connectivity index (χ1) is 14.8. The Balaban J connectivity index is 2.12. The fourth-order valence-electron chi connectivity index (χ4n) is 3.17. The number of nitrogens with one attached hydrogen (secondary N) is 1. The van der Waals surface area contributed by atoms with E-state index in [0.29, 0.717) is 18.7 Å². The normalized spacial score (nSPS) is 12.8. The average molecular weight is 506 g/mol. The van der Waals surface area contributed by atoms with E-state index in [1.807, 2.05) is 64.1 Å². The van der Waals surface area contributed by atoms with Gasteiger partial charge in [-0.3, -0.25) is 9.59 Å². The van der Waals surface area contributed by atoms with Crippen molar-refractivity contribution in [1.82, 2.24) is 10.2 Å². The predicted molar refractivity (Wildman–Crippen MR) is 134 cm³/mol. The molecule has 2 aromatic rings. The number of benzene rings is 2. The van der Waals surface area contributed by atoms with Gasteiger partial charge in [0.2, 0.25) is 11.8 Å². The first-order valence-corrected chi connectivity index (χ1v) is 12.8. The molecule has 0 aliphatic carbocycles. The molecule has 168 valence electrons. The lowest BCUT2D eigenvalue weighted by molar-refractivity contribution is -0.139. The van der Waals surface area contributed by atoms with Gasteiger partial charge in [0.1, 0.15) is 6.04 Å². The topological polar surface area (TPSA) is 49.4 Å². The highest BCUT2D eigenvalue weighted by Crippen LogP contribution is 2.19. The van der Waals surface area contributed by atoms with Gasteiger partial charge in [0.25, 0.3) is 0 Å². The van der Waals surface area contributed by atoms with Crippen molar-refractivity contribution in [3.8, 4) is 0 Å². The van der Waals surface area contributed by atoms with Gasteiger partial charge in [-0.2, -0.15) is 0 Å². The number of carbonyl (C=O) groups excluding carboxylic acids is 2. The Bertz CT molecular complexity index is 840. The average Bonchev–Trinajstić information content (AvgIpc) is 2.76. The fourth-order valence-corrected chi connectivity index (χ4v) is 4.31. The summed E-state index contributed by atoms with van der Waals surface area (Å²) in [6.45, 7) is 8.47. The second kappa shape index (κ2) is 12.9. The van der Waals surface area contributed by atoms with Crippen LogP contribution in [0.5, 0.6) is 0 Å². The zero-order chi connectivity index (χ0) is 22.8. The lowest BCUT2D eigenvalue weighted by Gasteiger charge is -2.31. The van der Waals surface area contributed by atoms with E-state index in [2.05, 4.69) is 33.4 Å². The van der Waals surface area contributed by atoms with Crippen molar-refractivity contribution in [3.63, 3.8) is 0 Å². The molecule has 0 aliphatic heterocycles. The molecule has 0 aromatic heterocycles. The summed E-state index contributed by atoms with van der Waals surface area (Å²) < 4.78 is 1.04. The molecule has 2 rings (SSSR count). The monoisotopic (exact) mass is 504 g/mol. The molecule has 6 heteroatoms. The summed E-state index contributed by atoms with van der Waals surface area (Å²) in [6.07, 6.45) is 1.44. The molecule has 4 nitrogen and oxygen atoms in total. The van der Waals surface area contributed by atoms with Crippen LogP contribution in [0.1, 0.15) is 50.3 Å². The minimum atomic E-state index is -0.476. The van der Waals surface area contributed by atoms with Crippen LogP contribution < -0.4 is 5.32 Å². The van der Waals surface area contributed by atoms with Gasteiger partial charge >= 0.3 is 0 Å². The Labute approximate surface area is 199 Å². The summed E-state index contributed by atoms with van der Waals surface area (Å²) in [5, 5.41) is 3.05. The standard InChI is InChI=1S/C25H33BrN2O2S/c1-5-19(4)27-25(30)23(6-2)28(15-20-9-7-18(3)8-10-20)24(29)17-31-16-21-11-13-22(26)14-12-21/h7-14,19,23H,5-6,15-17H2,1-4H3,(H,27,30). The highest BCUT2D eigenvalue weighted by Gasteiger charge is 2.29. The molecule has 0 spiro atoms. The van der Waals surface area contributed by atoms with E-state index in [1.54, 1.807) is 16.7 Å². The number of hydrogen-bond donors (Lipinski definition) is 1. The zero-order valence-corrected chi connectivity index (χ0v) is 21.3. The number of carbonyl (C=O) groups is 2. The highest BCUT2D eigenvalue weighted by atomic mass is 79.9. The van der Waals surface area contributed by atoms with Crippen LogP contribution in [0, 0.1) is 6.92 Å². The lowest BCUT2D eigenvalue weighted by atomic mass is 10.1. The van der Waals surface area contributed by atoms with E-state index in [1.165, 1.54) is 11.1 Å². The summed E-state index contributed by atoms with van der Waals surface area (Å²) >= 11 is 5.03. The molecule has 0 radical (unpaired) electrons. The quantitative estimate of drug-likeness (QED) is 0.426. The van der Waals surface area contributed by atoms with Crippen molar-refractivity contribution < 1.29 is 9.59 Å². The largest absolute Gasteiger partial charge is 0.352 e. The predicted octanol–water partition coefficient (Wildman–Crippen LogP) is 5.71. The van der Waals surface area contributed by atoms with Gasteiger partial charge in [-0.25, -0.2) is 0 Å². The summed E-state index contributed by atoms with van der Waals surface area (Å²) in [7, 11) is 0. The van der Waals surface area contributed by atoms with E-state index in [0.717, 1.165) is 22.2 Å². The molecule has 2 amide bonds. The van der Waals surface area contributed by atoms with E-state index >= 15 is 0 Å². The van der Waals surface area contributed by atoms with Crippen LogP contribution in [0.2, 0.25) is 0 Å². The Morgan fingerprint density at radius 1 is 1.00 bits per heavy atom. The molecule has 2 atom stereocenters. The Kier molecular flexibility index (Phi) is 10.6. The molecule has 1 N–H and O–H groups in total. The minimum absolute atomic E-state index is 0.00571. The number of aryl methyl sites for hydroxylation is 1. The maximum absolute atomic E-state index is 13.2. The van der Waals surface area contributed by atoms with Crippen LogP contribution in [0.15, 0.2) is 53.0 Å². The number of thioether (sulfide) groups is 1. The van der Waals surface area contributed by atoms with E-state index < -0.39 is 6.04 Å². The lowest BCUT2D eigenvalue weighted by Crippen LogP contribution is -2.51. The van der Waals surface area contributed by atoms with Gasteiger partial charge < -0.3 is 10.2 Å². The van der Waals surface area contributed by atoms with Crippen LogP contribution >= 0.6 is 27.7 Å². The van der Waals surface area contributed by atoms with Gasteiger partial charge in [0.05, 0.1) is 5.75 Å². The van der Waals surface area contributed by atoms with Gasteiger partial charge in [-0.1, -0.05) is 71.7 Å². The molecular formula is C25H33BrN2O2S. The number of nitrogens with zero attached hydrogens (tertiary/aromatic N) is 1. The van der Waals surface area contributed by atoms with Gasteiger partial charge in [0, 0.05) is 22.8 Å². The molecular weight excluding hydrogens is 472 g/mol. The SMILES string of the molecule is CCC(C)NC(=O)C(CC)N(Cc1ccc(C)cc1)C(=O)CSCc1ccc(Br)cc1. The van der Waals surface area contributed by atoms with Crippen LogP contribution in [0.25, 0.3) is 0 Å². The molecule has 2 unspecified atom stereocenters. The summed E-state index contributed by atoms with van der Waals surface area (Å²) in [5.41, 5.74) is 3.38. The summed E-state index contributed by atoms with van der Waals surface area (Å²) in [6, 6.07) is 15.9. The third-order valence-electron chi connectivity index (χ3n) is 5.27. The maximum atomic E-state index is 13.2. The van der Waals surface area contributed by atoms with Crippen LogP contribution in [0.3, 0.4) is 0 Å². The molecule has 0 bridgehead atoms. The van der Waals surface area contributed by atoms with Crippen molar-refractivity contribution in [2.75, 3.05) is 5.75 Å². The second-order valence-electron chi connectivity index (χ2n) is 7.87. The van der Waals surface area contributed by atoms with E-state index in [9.17, 15) is 9.59 Å². The molecule has 0 fully saturated rings. The van der Waals surface area contributed by atoms with Crippen molar-refractivity contribution in [2.24, 2.45) is 0 Å². The Morgan fingerprint density at radius 2 is 1.61 bits per heavy atom. The van der Waals surface area contributed by atoms with E-state index in [-0.39, 0.29) is 17.9 Å². The number of rotatable bonds is 11. The van der Waals surface area contributed by atoms with Crippen LogP contribution in [0.4, 0.5) is 0 Å².